The van der Waals surface area contributed by atoms with Gasteiger partial charge in [0.1, 0.15) is 12.6 Å². The lowest BCUT2D eigenvalue weighted by atomic mass is 10.0. The van der Waals surface area contributed by atoms with Gasteiger partial charge in [-0.25, -0.2) is 0 Å². The third-order valence-corrected chi connectivity index (χ3v) is 7.04. The Balaban J connectivity index is 1.50. The minimum absolute atomic E-state index is 0.150. The number of rotatable bonds is 9. The smallest absolute Gasteiger partial charge is 0.259 e. The second-order valence-corrected chi connectivity index (χ2v) is 9.68. The summed E-state index contributed by atoms with van der Waals surface area (Å²) in [5.74, 6) is -0.691. The molecule has 38 heavy (non-hydrogen) atoms. The van der Waals surface area contributed by atoms with E-state index in [1.807, 2.05) is 98.8 Å². The van der Waals surface area contributed by atoms with Gasteiger partial charge in [-0.2, -0.15) is 0 Å². The van der Waals surface area contributed by atoms with E-state index in [1.165, 1.54) is 0 Å². The molecule has 0 spiro atoms. The van der Waals surface area contributed by atoms with Gasteiger partial charge < -0.3 is 10.2 Å². The molecule has 6 nitrogen and oxygen atoms in total. The lowest BCUT2D eigenvalue weighted by Crippen LogP contribution is -2.53. The summed E-state index contributed by atoms with van der Waals surface area (Å²) in [7, 11) is 0. The van der Waals surface area contributed by atoms with Gasteiger partial charge >= 0.3 is 0 Å². The van der Waals surface area contributed by atoms with Gasteiger partial charge in [-0.3, -0.25) is 19.3 Å². The first-order valence-electron chi connectivity index (χ1n) is 13.0. The average molecular weight is 506 g/mol. The molecule has 4 aromatic rings. The summed E-state index contributed by atoms with van der Waals surface area (Å²) in [6.45, 7) is 4.44. The van der Waals surface area contributed by atoms with Crippen LogP contribution in [0.25, 0.3) is 10.8 Å². The molecule has 0 aliphatic carbocycles. The summed E-state index contributed by atoms with van der Waals surface area (Å²) >= 11 is 0. The van der Waals surface area contributed by atoms with E-state index >= 15 is 0 Å². The van der Waals surface area contributed by atoms with Gasteiger partial charge in [-0.15, -0.1) is 0 Å². The van der Waals surface area contributed by atoms with E-state index < -0.39 is 6.04 Å². The summed E-state index contributed by atoms with van der Waals surface area (Å²) in [5, 5.41) is 4.74. The maximum atomic E-state index is 14.1. The largest absolute Gasteiger partial charge is 0.355 e. The monoisotopic (exact) mass is 505 g/mol. The highest BCUT2D eigenvalue weighted by Gasteiger charge is 2.35. The molecule has 0 radical (unpaired) electrons. The Bertz CT molecular complexity index is 1480. The molecule has 0 fully saturated rings. The molecule has 0 saturated heterocycles. The van der Waals surface area contributed by atoms with E-state index in [0.29, 0.717) is 18.5 Å². The molecule has 6 heteroatoms. The van der Waals surface area contributed by atoms with Crippen molar-refractivity contribution in [2.24, 2.45) is 0 Å². The van der Waals surface area contributed by atoms with Crippen molar-refractivity contribution in [1.29, 1.82) is 0 Å². The van der Waals surface area contributed by atoms with Crippen LogP contribution >= 0.6 is 0 Å². The first kappa shape index (κ1) is 25.2. The number of nitrogens with zero attached hydrogens (tertiary/aromatic N) is 2. The van der Waals surface area contributed by atoms with Crippen LogP contribution in [0.4, 0.5) is 5.69 Å². The topological polar surface area (TPSA) is 69.7 Å². The van der Waals surface area contributed by atoms with E-state index in [4.69, 9.17) is 0 Å². The van der Waals surface area contributed by atoms with E-state index in [1.54, 1.807) is 15.9 Å². The fraction of sp³-hybridized carbons (Fsp3) is 0.219. The van der Waals surface area contributed by atoms with Gasteiger partial charge in [0.2, 0.25) is 11.8 Å². The number of likely N-dealkylation sites (N-methyl/N-ethyl adjacent to an activating group) is 1. The second kappa shape index (κ2) is 10.9. The van der Waals surface area contributed by atoms with Gasteiger partial charge in [0.15, 0.2) is 0 Å². The third-order valence-electron chi connectivity index (χ3n) is 7.04. The van der Waals surface area contributed by atoms with Crippen LogP contribution < -0.4 is 10.2 Å². The quantitative estimate of drug-likeness (QED) is 0.352. The first-order chi connectivity index (χ1) is 18.5. The van der Waals surface area contributed by atoms with Crippen LogP contribution in [0.3, 0.4) is 0 Å². The molecule has 1 atom stereocenters. The molecule has 3 amide bonds. The summed E-state index contributed by atoms with van der Waals surface area (Å²) in [4.78, 5) is 44.0. The van der Waals surface area contributed by atoms with E-state index in [-0.39, 0.29) is 30.8 Å². The predicted octanol–water partition coefficient (Wildman–Crippen LogP) is 4.88. The zero-order valence-corrected chi connectivity index (χ0v) is 21.7. The fourth-order valence-corrected chi connectivity index (χ4v) is 5.10. The lowest BCUT2D eigenvalue weighted by molar-refractivity contribution is -0.140. The van der Waals surface area contributed by atoms with Gasteiger partial charge in [0.25, 0.3) is 5.91 Å². The molecule has 0 saturated carbocycles. The van der Waals surface area contributed by atoms with Crippen LogP contribution in [0.5, 0.6) is 0 Å². The highest BCUT2D eigenvalue weighted by atomic mass is 16.2. The number of benzene rings is 4. The summed E-state index contributed by atoms with van der Waals surface area (Å²) < 4.78 is 0. The molecule has 0 unspecified atom stereocenters. The molecule has 1 aliphatic rings. The Labute approximate surface area is 222 Å². The average Bonchev–Trinajstić information content (AvgIpc) is 3.20. The van der Waals surface area contributed by atoms with Crippen molar-refractivity contribution in [2.75, 3.05) is 18.0 Å². The molecule has 0 aromatic heterocycles. The normalized spacial score (nSPS) is 13.0. The van der Waals surface area contributed by atoms with Crippen molar-refractivity contribution >= 4 is 34.2 Å². The van der Waals surface area contributed by atoms with E-state index in [0.717, 1.165) is 33.2 Å². The van der Waals surface area contributed by atoms with Crippen molar-refractivity contribution in [3.63, 3.8) is 0 Å². The minimum Gasteiger partial charge on any atom is -0.355 e. The van der Waals surface area contributed by atoms with Gasteiger partial charge in [-0.1, -0.05) is 84.4 Å². The van der Waals surface area contributed by atoms with Crippen LogP contribution in [0.1, 0.15) is 34.0 Å². The van der Waals surface area contributed by atoms with Crippen molar-refractivity contribution in [2.45, 2.75) is 32.9 Å². The Morgan fingerprint density at radius 1 is 0.868 bits per heavy atom. The summed E-state index contributed by atoms with van der Waals surface area (Å²) in [5.41, 5.74) is 4.32. The molecule has 5 rings (SSSR count). The number of amides is 3. The predicted molar refractivity (Wildman–Crippen MR) is 150 cm³/mol. The maximum absolute atomic E-state index is 14.1. The van der Waals surface area contributed by atoms with Crippen LogP contribution in [0, 0.1) is 6.92 Å². The zero-order chi connectivity index (χ0) is 26.6. The highest BCUT2D eigenvalue weighted by molar-refractivity contribution is 6.26. The number of carbonyl (C=O) groups is 3. The Hall–Kier alpha value is -4.45. The lowest BCUT2D eigenvalue weighted by Gasteiger charge is -2.33. The van der Waals surface area contributed by atoms with Crippen molar-refractivity contribution < 1.29 is 14.4 Å². The van der Waals surface area contributed by atoms with E-state index in [9.17, 15) is 14.4 Å². The molecular weight excluding hydrogens is 474 g/mol. The molecule has 0 bridgehead atoms. The molecule has 1 heterocycles. The number of carbonyl (C=O) groups excluding carboxylic acids is 3. The maximum Gasteiger partial charge on any atom is 0.259 e. The van der Waals surface area contributed by atoms with Crippen LogP contribution in [-0.2, 0) is 22.6 Å². The summed E-state index contributed by atoms with van der Waals surface area (Å²) in [6.07, 6.45) is 0.369. The van der Waals surface area contributed by atoms with Gasteiger partial charge in [0, 0.05) is 30.5 Å². The van der Waals surface area contributed by atoms with Crippen LogP contribution in [0.2, 0.25) is 0 Å². The van der Waals surface area contributed by atoms with E-state index in [2.05, 4.69) is 5.32 Å². The number of hydrogen-bond donors (Lipinski definition) is 1. The zero-order valence-electron chi connectivity index (χ0n) is 21.7. The number of anilines is 1. The Kier molecular flexibility index (Phi) is 7.22. The number of nitrogens with one attached hydrogen (secondary N) is 1. The van der Waals surface area contributed by atoms with Crippen molar-refractivity contribution in [3.05, 3.63) is 113 Å². The second-order valence-electron chi connectivity index (χ2n) is 9.68. The first-order valence-corrected chi connectivity index (χ1v) is 13.0. The third kappa shape index (κ3) is 5.02. The van der Waals surface area contributed by atoms with Gasteiger partial charge in [0.05, 0.1) is 5.69 Å². The van der Waals surface area contributed by atoms with Crippen molar-refractivity contribution in [3.8, 4) is 0 Å². The molecule has 4 aromatic carbocycles. The molecular formula is C32H31N3O3. The molecule has 192 valence electrons. The van der Waals surface area contributed by atoms with Crippen LogP contribution in [-0.4, -0.2) is 41.8 Å². The summed E-state index contributed by atoms with van der Waals surface area (Å²) in [6, 6.07) is 28.3. The number of aryl methyl sites for hydroxylation is 1. The minimum atomic E-state index is -0.734. The number of hydrogen-bond acceptors (Lipinski definition) is 3. The standard InChI is InChI=1S/C32H31N3O3/c1-3-33-31(37)28(19-23-9-5-4-6-10-23)34(20-24-17-15-22(2)16-18-24)29(36)21-35-27-14-8-12-25-11-7-13-26(30(25)27)32(35)38/h4-18,28H,3,19-21H2,1-2H3,(H,33,37)/t28-/m1/s1. The Morgan fingerprint density at radius 2 is 1.58 bits per heavy atom. The van der Waals surface area contributed by atoms with Gasteiger partial charge in [-0.05, 0) is 42.5 Å². The van der Waals surface area contributed by atoms with Crippen LogP contribution in [0.15, 0.2) is 91.0 Å². The Morgan fingerprint density at radius 3 is 2.29 bits per heavy atom. The molecule has 1 aliphatic heterocycles. The highest BCUT2D eigenvalue weighted by Crippen LogP contribution is 2.37. The molecule has 1 N–H and O–H groups in total. The van der Waals surface area contributed by atoms with Crippen molar-refractivity contribution in [1.82, 2.24) is 10.2 Å². The fourth-order valence-electron chi connectivity index (χ4n) is 5.10. The SMILES string of the molecule is CCNC(=O)[C@@H](Cc1ccccc1)N(Cc1ccc(C)cc1)C(=O)CN1C(=O)c2cccc3cccc1c23.